The van der Waals surface area contributed by atoms with Crippen molar-refractivity contribution in [3.8, 4) is 0 Å². The summed E-state index contributed by atoms with van der Waals surface area (Å²) < 4.78 is 16.1. The zero-order chi connectivity index (χ0) is 16.7. The van der Waals surface area contributed by atoms with E-state index in [0.29, 0.717) is 0 Å². The molecule has 2 bridgehead atoms. The normalized spacial score (nSPS) is 61.8. The second kappa shape index (κ2) is 3.28. The first kappa shape index (κ1) is 14.2. The van der Waals surface area contributed by atoms with E-state index in [2.05, 4.69) is 0 Å². The van der Waals surface area contributed by atoms with Gasteiger partial charge in [0.1, 0.15) is 29.3 Å². The Morgan fingerprint density at radius 1 is 1.04 bits per heavy atom. The Kier molecular flexibility index (Phi) is 2.02. The molecule has 8 nitrogen and oxygen atoms in total. The van der Waals surface area contributed by atoms with Crippen molar-refractivity contribution in [1.82, 2.24) is 0 Å². The summed E-state index contributed by atoms with van der Waals surface area (Å²) in [5.41, 5.74) is -6.78. The fourth-order valence-electron chi connectivity index (χ4n) is 5.72. The predicted molar refractivity (Wildman–Crippen MR) is 69.7 cm³/mol. The van der Waals surface area contributed by atoms with Crippen molar-refractivity contribution in [2.75, 3.05) is 0 Å². The van der Waals surface area contributed by atoms with E-state index in [1.54, 1.807) is 6.92 Å². The smallest absolute Gasteiger partial charge is 0.315 e. The molecule has 0 aromatic carbocycles. The molecule has 8 heteroatoms. The zero-order valence-corrected chi connectivity index (χ0v) is 12.8. The van der Waals surface area contributed by atoms with Gasteiger partial charge in [-0.05, 0) is 13.8 Å². The van der Waals surface area contributed by atoms with E-state index in [1.807, 2.05) is 0 Å². The van der Waals surface area contributed by atoms with Crippen LogP contribution in [0, 0.1) is 17.3 Å². The maximum absolute atomic E-state index is 12.5. The molecule has 0 aromatic rings. The number of fused-ring (bicyclic) bond motifs is 7. The lowest BCUT2D eigenvalue weighted by molar-refractivity contribution is -0.290. The van der Waals surface area contributed by atoms with E-state index in [-0.39, 0.29) is 0 Å². The maximum atomic E-state index is 12.5. The predicted octanol–water partition coefficient (Wildman–Crippen LogP) is -1.90. The van der Waals surface area contributed by atoms with Gasteiger partial charge in [0.15, 0.2) is 12.2 Å². The van der Waals surface area contributed by atoms with Gasteiger partial charge in [0, 0.05) is 0 Å². The second-order valence-electron chi connectivity index (χ2n) is 8.14. The summed E-state index contributed by atoms with van der Waals surface area (Å²) in [7, 11) is 0. The summed E-state index contributed by atoms with van der Waals surface area (Å²) in [6.45, 7) is 4.36. The van der Waals surface area contributed by atoms with Gasteiger partial charge in [-0.15, -0.1) is 0 Å². The average Bonchev–Trinajstić information content (AvgIpc) is 3.03. The Morgan fingerprint density at radius 2 is 1.65 bits per heavy atom. The Bertz CT molecular complexity index is 669. The molecule has 5 rings (SSSR count). The van der Waals surface area contributed by atoms with Gasteiger partial charge < -0.3 is 29.5 Å². The van der Waals surface area contributed by atoms with E-state index in [1.165, 1.54) is 13.8 Å². The minimum atomic E-state index is -2.08. The quantitative estimate of drug-likeness (QED) is 0.377. The summed E-state index contributed by atoms with van der Waals surface area (Å²) in [6, 6.07) is 0. The Hall–Kier alpha value is -1.22. The van der Waals surface area contributed by atoms with Crippen molar-refractivity contribution in [1.29, 1.82) is 0 Å². The minimum Gasteiger partial charge on any atom is -0.457 e. The van der Waals surface area contributed by atoms with Crippen LogP contribution in [0.5, 0.6) is 0 Å². The van der Waals surface area contributed by atoms with Gasteiger partial charge in [0.2, 0.25) is 0 Å². The third kappa shape index (κ3) is 1.07. The van der Waals surface area contributed by atoms with Crippen LogP contribution in [0.4, 0.5) is 0 Å². The van der Waals surface area contributed by atoms with Crippen LogP contribution < -0.4 is 0 Å². The third-order valence-corrected chi connectivity index (χ3v) is 6.93. The van der Waals surface area contributed by atoms with Gasteiger partial charge in [0.05, 0.1) is 16.9 Å². The van der Waals surface area contributed by atoms with E-state index in [4.69, 9.17) is 14.2 Å². The van der Waals surface area contributed by atoms with E-state index in [9.17, 15) is 24.9 Å². The van der Waals surface area contributed by atoms with Crippen LogP contribution in [0.1, 0.15) is 20.8 Å². The molecule has 0 aromatic heterocycles. The number of epoxide rings is 1. The van der Waals surface area contributed by atoms with Crippen LogP contribution in [0.25, 0.3) is 0 Å². The summed E-state index contributed by atoms with van der Waals surface area (Å²) in [5, 5.41) is 33.3. The molecule has 2 aliphatic carbocycles. The Morgan fingerprint density at radius 3 is 2.26 bits per heavy atom. The number of hydrogen-bond acceptors (Lipinski definition) is 8. The molecular formula is C15H18O8. The van der Waals surface area contributed by atoms with Crippen LogP contribution in [0.3, 0.4) is 0 Å². The summed E-state index contributed by atoms with van der Waals surface area (Å²) in [5.74, 6) is -3.43. The molecule has 5 fully saturated rings. The van der Waals surface area contributed by atoms with E-state index < -0.39 is 70.4 Å². The van der Waals surface area contributed by atoms with Crippen molar-refractivity contribution in [3.05, 3.63) is 0 Å². The highest BCUT2D eigenvalue weighted by Gasteiger charge is 2.94. The van der Waals surface area contributed by atoms with Crippen molar-refractivity contribution >= 4 is 11.9 Å². The van der Waals surface area contributed by atoms with Crippen LogP contribution in [-0.4, -0.2) is 68.5 Å². The van der Waals surface area contributed by atoms with Crippen molar-refractivity contribution in [2.45, 2.75) is 62.0 Å². The lowest BCUT2D eigenvalue weighted by atomic mass is 9.50. The standard InChI is InChI=1S/C15H18O8/c1-12(2,18)14(19)6-11(17)23-9(14)8-13(3)4(10(16)22-8)5-7(21-5)15(6,13)20/h4-9,18-20H,1-3H3. The van der Waals surface area contributed by atoms with Crippen LogP contribution >= 0.6 is 0 Å². The van der Waals surface area contributed by atoms with Gasteiger partial charge in [-0.1, -0.05) is 6.92 Å². The lowest BCUT2D eigenvalue weighted by Gasteiger charge is -2.56. The molecule has 0 amide bonds. The molecule has 23 heavy (non-hydrogen) atoms. The molecule has 126 valence electrons. The number of ether oxygens (including phenoxy) is 3. The highest BCUT2D eigenvalue weighted by atomic mass is 16.6. The first-order chi connectivity index (χ1) is 10.5. The van der Waals surface area contributed by atoms with Crippen LogP contribution in [0.2, 0.25) is 0 Å². The van der Waals surface area contributed by atoms with Gasteiger partial charge in [-0.2, -0.15) is 0 Å². The summed E-state index contributed by atoms with van der Waals surface area (Å²) in [4.78, 5) is 24.8. The molecule has 0 radical (unpaired) electrons. The highest BCUT2D eigenvalue weighted by Crippen LogP contribution is 2.74. The van der Waals surface area contributed by atoms with E-state index in [0.717, 1.165) is 0 Å². The van der Waals surface area contributed by atoms with Crippen molar-refractivity contribution in [2.24, 2.45) is 17.3 Å². The van der Waals surface area contributed by atoms with Crippen LogP contribution in [-0.2, 0) is 23.8 Å². The molecule has 9 unspecified atom stereocenters. The van der Waals surface area contributed by atoms with Crippen molar-refractivity contribution in [3.63, 3.8) is 0 Å². The molecule has 3 heterocycles. The number of esters is 2. The lowest BCUT2D eigenvalue weighted by Crippen LogP contribution is -2.77. The number of aliphatic hydroxyl groups is 3. The highest BCUT2D eigenvalue weighted by molar-refractivity contribution is 5.86. The molecule has 3 aliphatic heterocycles. The molecule has 0 spiro atoms. The first-order valence-electron chi connectivity index (χ1n) is 7.74. The minimum absolute atomic E-state index is 0.525. The van der Waals surface area contributed by atoms with Gasteiger partial charge in [-0.25, -0.2) is 0 Å². The second-order valence-corrected chi connectivity index (χ2v) is 8.14. The van der Waals surface area contributed by atoms with Gasteiger partial charge in [-0.3, -0.25) is 9.59 Å². The Balaban J connectivity index is 1.81. The average molecular weight is 326 g/mol. The fourth-order valence-corrected chi connectivity index (χ4v) is 5.72. The largest absolute Gasteiger partial charge is 0.457 e. The molecule has 3 N–H and O–H groups in total. The molecule has 2 saturated carbocycles. The number of carbonyl (C=O) groups excluding carboxylic acids is 2. The fraction of sp³-hybridized carbons (Fsp3) is 0.867. The van der Waals surface area contributed by atoms with Crippen molar-refractivity contribution < 1.29 is 39.1 Å². The zero-order valence-electron chi connectivity index (χ0n) is 12.8. The number of carbonyl (C=O) groups is 2. The summed E-state index contributed by atoms with van der Waals surface area (Å²) in [6.07, 6.45) is -3.53. The number of rotatable bonds is 1. The Labute approximate surface area is 131 Å². The molecule has 5 aliphatic rings. The maximum Gasteiger partial charge on any atom is 0.315 e. The topological polar surface area (TPSA) is 126 Å². The molecule has 9 atom stereocenters. The molecule has 3 saturated heterocycles. The summed E-state index contributed by atoms with van der Waals surface area (Å²) >= 11 is 0. The monoisotopic (exact) mass is 326 g/mol. The van der Waals surface area contributed by atoms with Gasteiger partial charge >= 0.3 is 11.9 Å². The molecular weight excluding hydrogens is 308 g/mol. The third-order valence-electron chi connectivity index (χ3n) is 6.93. The van der Waals surface area contributed by atoms with Crippen LogP contribution in [0.15, 0.2) is 0 Å². The SMILES string of the molecule is CC(C)(O)C1(O)C2OC(=O)C1C1(O)C3OC3C3C(=O)OC2C31C. The van der Waals surface area contributed by atoms with E-state index >= 15 is 0 Å². The first-order valence-corrected chi connectivity index (χ1v) is 7.74. The number of hydrogen-bond donors (Lipinski definition) is 3. The van der Waals surface area contributed by atoms with Gasteiger partial charge in [0.25, 0.3) is 0 Å².